The molecule has 0 aliphatic carbocycles. The van der Waals surface area contributed by atoms with Crippen molar-refractivity contribution in [1.29, 1.82) is 0 Å². The quantitative estimate of drug-likeness (QED) is 0.810. The second kappa shape index (κ2) is 7.65. The molecule has 22 heavy (non-hydrogen) atoms. The molecule has 2 atom stereocenters. The van der Waals surface area contributed by atoms with E-state index in [0.29, 0.717) is 12.8 Å². The third-order valence-electron chi connectivity index (χ3n) is 3.89. The lowest BCUT2D eigenvalue weighted by atomic mass is 9.97. The Labute approximate surface area is 128 Å². The van der Waals surface area contributed by atoms with Crippen LogP contribution in [0.1, 0.15) is 46.5 Å². The third kappa shape index (κ3) is 5.03. The van der Waals surface area contributed by atoms with Crippen molar-refractivity contribution >= 4 is 11.8 Å². The van der Waals surface area contributed by atoms with Crippen LogP contribution >= 0.6 is 0 Å². The van der Waals surface area contributed by atoms with Crippen LogP contribution in [-0.2, 0) is 9.59 Å². The first-order chi connectivity index (χ1) is 10.2. The first-order valence-corrected chi connectivity index (χ1v) is 7.52. The Kier molecular flexibility index (Phi) is 6.44. The lowest BCUT2D eigenvalue weighted by Crippen LogP contribution is -2.57. The molecular formula is C15H23F3N2O2. The summed E-state index contributed by atoms with van der Waals surface area (Å²) in [5, 5.41) is 2.60. The van der Waals surface area contributed by atoms with Crippen LogP contribution in [0.2, 0.25) is 0 Å². The fraction of sp³-hybridized carbons (Fsp3) is 0.733. The summed E-state index contributed by atoms with van der Waals surface area (Å²) >= 11 is 0. The zero-order valence-electron chi connectivity index (χ0n) is 13.2. The van der Waals surface area contributed by atoms with Gasteiger partial charge in [-0.3, -0.25) is 9.59 Å². The lowest BCUT2D eigenvalue weighted by molar-refractivity contribution is -0.195. The lowest BCUT2D eigenvalue weighted by Gasteiger charge is -2.40. The molecule has 1 fully saturated rings. The molecule has 1 rings (SSSR count). The van der Waals surface area contributed by atoms with Gasteiger partial charge in [-0.1, -0.05) is 19.4 Å². The van der Waals surface area contributed by atoms with E-state index >= 15 is 0 Å². The van der Waals surface area contributed by atoms with Gasteiger partial charge in [0.05, 0.1) is 0 Å². The summed E-state index contributed by atoms with van der Waals surface area (Å²) in [6.45, 7) is 4.92. The molecular weight excluding hydrogens is 297 g/mol. The Bertz CT molecular complexity index is 441. The molecule has 0 spiro atoms. The number of rotatable bonds is 4. The maximum atomic E-state index is 13.1. The van der Waals surface area contributed by atoms with Crippen molar-refractivity contribution in [2.45, 2.75) is 64.7 Å². The van der Waals surface area contributed by atoms with Crippen LogP contribution in [0.25, 0.3) is 0 Å². The summed E-state index contributed by atoms with van der Waals surface area (Å²) in [5.41, 5.74) is 0.813. The van der Waals surface area contributed by atoms with Gasteiger partial charge in [-0.05, 0) is 25.7 Å². The number of carbonyl (C=O) groups excluding carboxylic acids is 2. The molecule has 0 aromatic rings. The fourth-order valence-corrected chi connectivity index (χ4v) is 2.67. The number of hydrogen-bond donors (Lipinski definition) is 1. The Balaban J connectivity index is 2.96. The molecule has 0 aromatic carbocycles. The van der Waals surface area contributed by atoms with Gasteiger partial charge in [-0.2, -0.15) is 13.2 Å². The zero-order valence-corrected chi connectivity index (χ0v) is 13.2. The van der Waals surface area contributed by atoms with Gasteiger partial charge in [0, 0.05) is 25.6 Å². The molecule has 0 saturated carbocycles. The Morgan fingerprint density at radius 3 is 2.27 bits per heavy atom. The topological polar surface area (TPSA) is 49.4 Å². The van der Waals surface area contributed by atoms with Gasteiger partial charge >= 0.3 is 6.18 Å². The minimum atomic E-state index is -4.46. The highest BCUT2D eigenvalue weighted by atomic mass is 19.4. The van der Waals surface area contributed by atoms with Gasteiger partial charge in [0.1, 0.15) is 6.04 Å². The summed E-state index contributed by atoms with van der Waals surface area (Å²) < 4.78 is 39.4. The molecule has 1 aliphatic heterocycles. The fourth-order valence-electron chi connectivity index (χ4n) is 2.67. The number of alkyl halides is 3. The average Bonchev–Trinajstić information content (AvgIpc) is 2.42. The number of allylic oxidation sites excluding steroid dienone is 1. The van der Waals surface area contributed by atoms with Gasteiger partial charge in [0.25, 0.3) is 0 Å². The number of piperidine rings is 1. The molecule has 1 N–H and O–H groups in total. The van der Waals surface area contributed by atoms with E-state index in [0.717, 1.165) is 10.5 Å². The number of nitrogens with zero attached hydrogens (tertiary/aromatic N) is 1. The SMILES string of the molecule is CCC(=CC(=O)N1C[C@H](NC(C)=O)CC[C@H]1C(F)(F)F)CC. The molecule has 1 saturated heterocycles. The standard InChI is InChI=1S/C15H23F3N2O2/c1-4-11(5-2)8-14(22)20-9-12(19-10(3)21)6-7-13(20)15(16,17)18/h8,12-13H,4-7,9H2,1-3H3,(H,19,21)/t12-,13+/m1/s1. The number of hydrogen-bond acceptors (Lipinski definition) is 2. The zero-order chi connectivity index (χ0) is 16.9. The predicted octanol–water partition coefficient (Wildman–Crippen LogP) is 2.79. The van der Waals surface area contributed by atoms with E-state index in [4.69, 9.17) is 0 Å². The van der Waals surface area contributed by atoms with Crippen molar-refractivity contribution in [1.82, 2.24) is 10.2 Å². The highest BCUT2D eigenvalue weighted by Gasteiger charge is 2.47. The number of carbonyl (C=O) groups is 2. The van der Waals surface area contributed by atoms with Crippen molar-refractivity contribution in [3.8, 4) is 0 Å². The maximum Gasteiger partial charge on any atom is 0.408 e. The van der Waals surface area contributed by atoms with Crippen molar-refractivity contribution < 1.29 is 22.8 Å². The molecule has 0 aromatic heterocycles. The number of likely N-dealkylation sites (tertiary alicyclic amines) is 1. The van der Waals surface area contributed by atoms with Crippen LogP contribution in [0, 0.1) is 0 Å². The van der Waals surface area contributed by atoms with Crippen LogP contribution in [0.4, 0.5) is 13.2 Å². The van der Waals surface area contributed by atoms with Gasteiger partial charge < -0.3 is 10.2 Å². The molecule has 1 aliphatic rings. The Hall–Kier alpha value is -1.53. The summed E-state index contributed by atoms with van der Waals surface area (Å²) in [6.07, 6.45) is -1.88. The van der Waals surface area contributed by atoms with Crippen LogP contribution in [-0.4, -0.2) is 41.5 Å². The van der Waals surface area contributed by atoms with Crippen molar-refractivity contribution in [3.63, 3.8) is 0 Å². The van der Waals surface area contributed by atoms with Crippen molar-refractivity contribution in [2.75, 3.05) is 6.54 Å². The minimum Gasteiger partial charge on any atom is -0.352 e. The van der Waals surface area contributed by atoms with E-state index in [9.17, 15) is 22.8 Å². The van der Waals surface area contributed by atoms with Crippen molar-refractivity contribution in [3.05, 3.63) is 11.6 Å². The molecule has 7 heteroatoms. The van der Waals surface area contributed by atoms with E-state index in [1.807, 2.05) is 13.8 Å². The molecule has 2 amide bonds. The second-order valence-corrected chi connectivity index (χ2v) is 5.53. The van der Waals surface area contributed by atoms with E-state index in [1.54, 1.807) is 0 Å². The first-order valence-electron chi connectivity index (χ1n) is 7.52. The summed E-state index contributed by atoms with van der Waals surface area (Å²) in [5.74, 6) is -0.933. The van der Waals surface area contributed by atoms with Gasteiger partial charge in [-0.15, -0.1) is 0 Å². The smallest absolute Gasteiger partial charge is 0.352 e. The molecule has 0 radical (unpaired) electrons. The van der Waals surface area contributed by atoms with E-state index in [1.165, 1.54) is 13.0 Å². The number of amides is 2. The minimum absolute atomic E-state index is 0.111. The summed E-state index contributed by atoms with van der Waals surface area (Å²) in [4.78, 5) is 24.2. The van der Waals surface area contributed by atoms with Gasteiger partial charge in [0.15, 0.2) is 0 Å². The summed E-state index contributed by atoms with van der Waals surface area (Å²) in [6, 6.07) is -2.21. The van der Waals surface area contributed by atoms with E-state index < -0.39 is 24.2 Å². The third-order valence-corrected chi connectivity index (χ3v) is 3.89. The highest BCUT2D eigenvalue weighted by molar-refractivity contribution is 5.88. The molecule has 4 nitrogen and oxygen atoms in total. The van der Waals surface area contributed by atoms with E-state index in [-0.39, 0.29) is 25.3 Å². The average molecular weight is 320 g/mol. The van der Waals surface area contributed by atoms with Crippen LogP contribution in [0.15, 0.2) is 11.6 Å². The van der Waals surface area contributed by atoms with E-state index in [2.05, 4.69) is 5.32 Å². The van der Waals surface area contributed by atoms with Gasteiger partial charge in [0.2, 0.25) is 11.8 Å². The highest BCUT2D eigenvalue weighted by Crippen LogP contribution is 2.32. The predicted molar refractivity (Wildman–Crippen MR) is 77.1 cm³/mol. The van der Waals surface area contributed by atoms with Crippen LogP contribution < -0.4 is 5.32 Å². The normalized spacial score (nSPS) is 22.2. The number of nitrogens with one attached hydrogen (secondary N) is 1. The molecule has 0 bridgehead atoms. The monoisotopic (exact) mass is 320 g/mol. The largest absolute Gasteiger partial charge is 0.408 e. The van der Waals surface area contributed by atoms with Crippen LogP contribution in [0.5, 0.6) is 0 Å². The van der Waals surface area contributed by atoms with Crippen molar-refractivity contribution in [2.24, 2.45) is 0 Å². The Morgan fingerprint density at radius 1 is 1.23 bits per heavy atom. The second-order valence-electron chi connectivity index (χ2n) is 5.53. The van der Waals surface area contributed by atoms with Crippen LogP contribution in [0.3, 0.4) is 0 Å². The first kappa shape index (κ1) is 18.5. The molecule has 1 heterocycles. The molecule has 126 valence electrons. The maximum absolute atomic E-state index is 13.1. The summed E-state index contributed by atoms with van der Waals surface area (Å²) in [7, 11) is 0. The van der Waals surface area contributed by atoms with Gasteiger partial charge in [-0.25, -0.2) is 0 Å². The molecule has 0 unspecified atom stereocenters. The number of halogens is 3. The Morgan fingerprint density at radius 2 is 1.82 bits per heavy atom.